The minimum Gasteiger partial charge on any atom is -0.350 e. The van der Waals surface area contributed by atoms with Gasteiger partial charge >= 0.3 is 0 Å². The number of para-hydroxylation sites is 1. The number of carbonyl (C=O) groups is 1. The number of fused-ring (bicyclic) bond motifs is 1. The van der Waals surface area contributed by atoms with Crippen molar-refractivity contribution >= 4 is 16.8 Å². The molecule has 2 aliphatic rings. The lowest BCUT2D eigenvalue weighted by atomic mass is 10.0. The summed E-state index contributed by atoms with van der Waals surface area (Å²) in [5, 5.41) is 3.93. The van der Waals surface area contributed by atoms with Gasteiger partial charge in [-0.2, -0.15) is 0 Å². The van der Waals surface area contributed by atoms with Gasteiger partial charge in [0.1, 0.15) is 0 Å². The Morgan fingerprint density at radius 3 is 2.77 bits per heavy atom. The summed E-state index contributed by atoms with van der Waals surface area (Å²) >= 11 is 0. The first-order valence-electron chi connectivity index (χ1n) is 8.16. The van der Waals surface area contributed by atoms with Crippen LogP contribution in [-0.4, -0.2) is 23.5 Å². The van der Waals surface area contributed by atoms with Gasteiger partial charge in [-0.1, -0.05) is 18.2 Å². The summed E-state index contributed by atoms with van der Waals surface area (Å²) in [5.74, 6) is 1.10. The van der Waals surface area contributed by atoms with E-state index < -0.39 is 0 Å². The van der Waals surface area contributed by atoms with E-state index >= 15 is 0 Å². The van der Waals surface area contributed by atoms with Crippen molar-refractivity contribution in [2.24, 2.45) is 11.7 Å². The summed E-state index contributed by atoms with van der Waals surface area (Å²) in [7, 11) is 0. The highest BCUT2D eigenvalue weighted by Crippen LogP contribution is 2.40. The molecular formula is C18H21N3O. The number of nitrogens with two attached hydrogens (primary N) is 1. The van der Waals surface area contributed by atoms with E-state index in [1.165, 1.54) is 25.7 Å². The van der Waals surface area contributed by atoms with E-state index in [4.69, 9.17) is 10.7 Å². The molecular weight excluding hydrogens is 274 g/mol. The predicted octanol–water partition coefficient (Wildman–Crippen LogP) is 2.58. The molecule has 4 nitrogen and oxygen atoms in total. The molecule has 0 bridgehead atoms. The Labute approximate surface area is 130 Å². The van der Waals surface area contributed by atoms with E-state index in [0.29, 0.717) is 18.4 Å². The predicted molar refractivity (Wildman–Crippen MR) is 86.8 cm³/mol. The Balaban J connectivity index is 1.62. The Morgan fingerprint density at radius 1 is 1.27 bits per heavy atom. The van der Waals surface area contributed by atoms with Crippen molar-refractivity contribution in [3.05, 3.63) is 41.6 Å². The Hall–Kier alpha value is -1.94. The molecule has 4 heteroatoms. The molecule has 0 spiro atoms. The van der Waals surface area contributed by atoms with Crippen molar-refractivity contribution in [3.63, 3.8) is 0 Å². The first kappa shape index (κ1) is 13.7. The number of hydrogen-bond acceptors (Lipinski definition) is 3. The number of rotatable bonds is 5. The highest BCUT2D eigenvalue weighted by molar-refractivity contribution is 6.06. The van der Waals surface area contributed by atoms with E-state index in [-0.39, 0.29) is 11.9 Å². The smallest absolute Gasteiger partial charge is 0.252 e. The third kappa shape index (κ3) is 2.71. The van der Waals surface area contributed by atoms with E-state index in [1.807, 2.05) is 30.3 Å². The fraction of sp³-hybridized carbons (Fsp3) is 0.444. The van der Waals surface area contributed by atoms with Crippen LogP contribution in [0.1, 0.15) is 47.7 Å². The van der Waals surface area contributed by atoms with Crippen LogP contribution < -0.4 is 11.1 Å². The fourth-order valence-corrected chi connectivity index (χ4v) is 2.97. The van der Waals surface area contributed by atoms with Gasteiger partial charge in [0.2, 0.25) is 0 Å². The molecule has 1 unspecified atom stereocenters. The summed E-state index contributed by atoms with van der Waals surface area (Å²) in [6.07, 6.45) is 4.75. The lowest BCUT2D eigenvalue weighted by Crippen LogP contribution is -2.38. The van der Waals surface area contributed by atoms with Crippen LogP contribution in [0.5, 0.6) is 0 Å². The molecule has 3 N–H and O–H groups in total. The number of amides is 1. The van der Waals surface area contributed by atoms with Crippen molar-refractivity contribution in [3.8, 4) is 0 Å². The van der Waals surface area contributed by atoms with Gasteiger partial charge in [-0.15, -0.1) is 0 Å². The SMILES string of the molecule is NC(CNC(=O)c1cc(C2CC2)nc2ccccc12)C1CC1. The summed E-state index contributed by atoms with van der Waals surface area (Å²) in [5.41, 5.74) is 8.77. The molecule has 4 rings (SSSR count). The largest absolute Gasteiger partial charge is 0.350 e. The maximum Gasteiger partial charge on any atom is 0.252 e. The first-order chi connectivity index (χ1) is 10.7. The highest BCUT2D eigenvalue weighted by atomic mass is 16.1. The summed E-state index contributed by atoms with van der Waals surface area (Å²) in [6, 6.07) is 9.92. The third-order valence-electron chi connectivity index (χ3n) is 4.70. The monoisotopic (exact) mass is 295 g/mol. The van der Waals surface area contributed by atoms with E-state index in [1.54, 1.807) is 0 Å². The summed E-state index contributed by atoms with van der Waals surface area (Å²) in [4.78, 5) is 17.3. The van der Waals surface area contributed by atoms with Gasteiger partial charge in [0.15, 0.2) is 0 Å². The number of benzene rings is 1. The van der Waals surface area contributed by atoms with Crippen LogP contribution >= 0.6 is 0 Å². The number of pyridine rings is 1. The molecule has 2 saturated carbocycles. The molecule has 0 saturated heterocycles. The van der Waals surface area contributed by atoms with Crippen LogP contribution in [0.4, 0.5) is 0 Å². The number of carbonyl (C=O) groups excluding carboxylic acids is 1. The molecule has 2 fully saturated rings. The van der Waals surface area contributed by atoms with Crippen LogP contribution in [0.25, 0.3) is 10.9 Å². The quantitative estimate of drug-likeness (QED) is 0.891. The first-order valence-corrected chi connectivity index (χ1v) is 8.16. The number of nitrogens with one attached hydrogen (secondary N) is 1. The van der Waals surface area contributed by atoms with Crippen molar-refractivity contribution < 1.29 is 4.79 Å². The molecule has 1 heterocycles. The average molecular weight is 295 g/mol. The standard InChI is InChI=1S/C18H21N3O/c19-15(11-5-6-11)10-20-18(22)14-9-17(12-7-8-12)21-16-4-2-1-3-13(14)16/h1-4,9,11-12,15H,5-8,10,19H2,(H,20,22). The molecule has 1 aromatic carbocycles. The van der Waals surface area contributed by atoms with Gasteiger partial charge in [0.25, 0.3) is 5.91 Å². The summed E-state index contributed by atoms with van der Waals surface area (Å²) < 4.78 is 0. The normalized spacial score (nSPS) is 19.1. The molecule has 0 radical (unpaired) electrons. The molecule has 1 amide bonds. The van der Waals surface area contributed by atoms with Crippen molar-refractivity contribution in [2.45, 2.75) is 37.6 Å². The van der Waals surface area contributed by atoms with E-state index in [9.17, 15) is 4.79 Å². The average Bonchev–Trinajstić information content (AvgIpc) is 3.41. The Bertz CT molecular complexity index is 719. The van der Waals surface area contributed by atoms with Gasteiger partial charge in [0.05, 0.1) is 11.1 Å². The van der Waals surface area contributed by atoms with Gasteiger partial charge in [-0.3, -0.25) is 9.78 Å². The van der Waals surface area contributed by atoms with Crippen LogP contribution in [-0.2, 0) is 0 Å². The van der Waals surface area contributed by atoms with Crippen molar-refractivity contribution in [1.29, 1.82) is 0 Å². The molecule has 1 aromatic heterocycles. The second-order valence-corrected chi connectivity index (χ2v) is 6.60. The topological polar surface area (TPSA) is 68.0 Å². The fourth-order valence-electron chi connectivity index (χ4n) is 2.97. The maximum absolute atomic E-state index is 12.6. The van der Waals surface area contributed by atoms with Crippen molar-refractivity contribution in [2.75, 3.05) is 6.54 Å². The van der Waals surface area contributed by atoms with Gasteiger partial charge in [-0.25, -0.2) is 0 Å². The van der Waals surface area contributed by atoms with Crippen molar-refractivity contribution in [1.82, 2.24) is 10.3 Å². The zero-order valence-corrected chi connectivity index (χ0v) is 12.6. The highest BCUT2D eigenvalue weighted by Gasteiger charge is 2.29. The minimum absolute atomic E-state index is 0.0309. The molecule has 22 heavy (non-hydrogen) atoms. The van der Waals surface area contributed by atoms with E-state index in [2.05, 4.69) is 5.32 Å². The lowest BCUT2D eigenvalue weighted by molar-refractivity contribution is 0.0952. The van der Waals surface area contributed by atoms with Crippen LogP contribution in [0.3, 0.4) is 0 Å². The minimum atomic E-state index is -0.0309. The van der Waals surface area contributed by atoms with Gasteiger partial charge in [0, 0.05) is 29.6 Å². The van der Waals surface area contributed by atoms with Gasteiger partial charge < -0.3 is 11.1 Å². The molecule has 2 aromatic rings. The zero-order valence-electron chi connectivity index (χ0n) is 12.6. The Morgan fingerprint density at radius 2 is 2.05 bits per heavy atom. The Kier molecular flexibility index (Phi) is 3.34. The molecule has 114 valence electrons. The summed E-state index contributed by atoms with van der Waals surface area (Å²) in [6.45, 7) is 0.554. The maximum atomic E-state index is 12.6. The zero-order chi connectivity index (χ0) is 15.1. The molecule has 0 aliphatic heterocycles. The lowest BCUT2D eigenvalue weighted by Gasteiger charge is -2.13. The van der Waals surface area contributed by atoms with Crippen LogP contribution in [0.15, 0.2) is 30.3 Å². The van der Waals surface area contributed by atoms with Gasteiger partial charge in [-0.05, 0) is 43.7 Å². The number of hydrogen-bond donors (Lipinski definition) is 2. The molecule has 1 atom stereocenters. The second kappa shape index (κ2) is 5.36. The van der Waals surface area contributed by atoms with E-state index in [0.717, 1.165) is 22.2 Å². The third-order valence-corrected chi connectivity index (χ3v) is 4.70. The van der Waals surface area contributed by atoms with Crippen LogP contribution in [0.2, 0.25) is 0 Å². The molecule has 2 aliphatic carbocycles. The van der Waals surface area contributed by atoms with Crippen LogP contribution in [0, 0.1) is 5.92 Å². The number of nitrogens with zero attached hydrogens (tertiary/aromatic N) is 1. The second-order valence-electron chi connectivity index (χ2n) is 6.60. The number of aromatic nitrogens is 1.